The van der Waals surface area contributed by atoms with E-state index in [9.17, 15) is 4.79 Å². The van der Waals surface area contributed by atoms with Gasteiger partial charge in [0.05, 0.1) is 6.61 Å². The van der Waals surface area contributed by atoms with Gasteiger partial charge < -0.3 is 15.0 Å². The molecule has 2 saturated heterocycles. The fraction of sp³-hybridized carbons (Fsp3) is 0.933. The van der Waals surface area contributed by atoms with Gasteiger partial charge in [0.1, 0.15) is 0 Å². The Morgan fingerprint density at radius 3 is 2.95 bits per heavy atom. The van der Waals surface area contributed by atoms with Crippen LogP contribution in [0.1, 0.15) is 38.5 Å². The Kier molecular flexibility index (Phi) is 7.17. The number of carbonyl (C=O) groups excluding carboxylic acids is 1. The normalized spacial score (nSPS) is 26.6. The Labute approximate surface area is 127 Å². The molecule has 1 amide bonds. The molecule has 116 valence electrons. The van der Waals surface area contributed by atoms with Crippen molar-refractivity contribution >= 4 is 17.7 Å². The second kappa shape index (κ2) is 8.90. The number of carbonyl (C=O) groups is 1. The summed E-state index contributed by atoms with van der Waals surface area (Å²) in [7, 11) is 1.71. The van der Waals surface area contributed by atoms with Gasteiger partial charge in [-0.15, -0.1) is 0 Å². The van der Waals surface area contributed by atoms with E-state index in [-0.39, 0.29) is 0 Å². The number of hydrogen-bond acceptors (Lipinski definition) is 4. The van der Waals surface area contributed by atoms with Crippen molar-refractivity contribution in [2.24, 2.45) is 0 Å². The maximum atomic E-state index is 12.5. The molecule has 0 radical (unpaired) electrons. The predicted octanol–water partition coefficient (Wildman–Crippen LogP) is 1.89. The summed E-state index contributed by atoms with van der Waals surface area (Å²) in [5, 5.41) is 3.53. The molecule has 2 fully saturated rings. The van der Waals surface area contributed by atoms with Crippen LogP contribution < -0.4 is 5.32 Å². The Morgan fingerprint density at radius 1 is 1.40 bits per heavy atom. The molecule has 0 aromatic carbocycles. The maximum Gasteiger partial charge on any atom is 0.222 e. The van der Waals surface area contributed by atoms with E-state index in [0.717, 1.165) is 31.7 Å². The molecule has 2 rings (SSSR count). The molecule has 0 bridgehead atoms. The zero-order valence-corrected chi connectivity index (χ0v) is 13.4. The number of hydrogen-bond donors (Lipinski definition) is 1. The molecule has 1 N–H and O–H groups in total. The number of rotatable bonds is 7. The molecule has 5 heteroatoms. The molecule has 0 spiro atoms. The topological polar surface area (TPSA) is 41.6 Å². The highest BCUT2D eigenvalue weighted by Gasteiger charge is 2.27. The standard InChI is InChI=1S/C15H28N2O2S/c1-19-10-9-17(14-7-11-20-12-14)15(18)6-5-13-4-2-3-8-16-13/h13-14,16H,2-12H2,1H3. The molecule has 0 aromatic heterocycles. The molecular formula is C15H28N2O2S. The molecule has 2 unspecified atom stereocenters. The first-order valence-electron chi connectivity index (χ1n) is 7.91. The van der Waals surface area contributed by atoms with Crippen LogP contribution in [0, 0.1) is 0 Å². The van der Waals surface area contributed by atoms with Gasteiger partial charge in [0.25, 0.3) is 0 Å². The molecule has 2 atom stereocenters. The van der Waals surface area contributed by atoms with Crippen molar-refractivity contribution in [3.63, 3.8) is 0 Å². The monoisotopic (exact) mass is 300 g/mol. The van der Waals surface area contributed by atoms with E-state index in [1.807, 2.05) is 11.8 Å². The van der Waals surface area contributed by atoms with E-state index >= 15 is 0 Å². The van der Waals surface area contributed by atoms with Crippen LogP contribution in [0.3, 0.4) is 0 Å². The third-order valence-corrected chi connectivity index (χ3v) is 5.47. The van der Waals surface area contributed by atoms with Gasteiger partial charge in [0.2, 0.25) is 5.91 Å². The van der Waals surface area contributed by atoms with Gasteiger partial charge in [0.15, 0.2) is 0 Å². The largest absolute Gasteiger partial charge is 0.383 e. The minimum atomic E-state index is 0.321. The molecule has 4 nitrogen and oxygen atoms in total. The number of amides is 1. The number of piperidine rings is 1. The highest BCUT2D eigenvalue weighted by atomic mass is 32.2. The Balaban J connectivity index is 1.78. The average Bonchev–Trinajstić information content (AvgIpc) is 3.01. The van der Waals surface area contributed by atoms with E-state index in [2.05, 4.69) is 10.2 Å². The molecule has 2 heterocycles. The molecule has 0 saturated carbocycles. The average molecular weight is 300 g/mol. The first-order valence-corrected chi connectivity index (χ1v) is 9.06. The van der Waals surface area contributed by atoms with Gasteiger partial charge >= 0.3 is 0 Å². The lowest BCUT2D eigenvalue weighted by Crippen LogP contribution is -2.43. The SMILES string of the molecule is COCCN(C(=O)CCC1CCCCN1)C1CCSC1. The van der Waals surface area contributed by atoms with Crippen molar-refractivity contribution in [2.45, 2.75) is 50.6 Å². The van der Waals surface area contributed by atoms with Crippen molar-refractivity contribution in [1.82, 2.24) is 10.2 Å². The number of methoxy groups -OCH3 is 1. The Hall–Kier alpha value is -0.260. The minimum absolute atomic E-state index is 0.321. The summed E-state index contributed by atoms with van der Waals surface area (Å²) < 4.78 is 5.16. The van der Waals surface area contributed by atoms with E-state index < -0.39 is 0 Å². The maximum absolute atomic E-state index is 12.5. The van der Waals surface area contributed by atoms with E-state index in [1.165, 1.54) is 25.0 Å². The molecule has 0 aromatic rings. The van der Waals surface area contributed by atoms with Crippen molar-refractivity contribution in [3.8, 4) is 0 Å². The fourth-order valence-corrected chi connectivity index (χ4v) is 4.30. The quantitative estimate of drug-likeness (QED) is 0.779. The molecular weight excluding hydrogens is 272 g/mol. The van der Waals surface area contributed by atoms with Crippen molar-refractivity contribution < 1.29 is 9.53 Å². The second-order valence-electron chi connectivity index (χ2n) is 5.78. The van der Waals surface area contributed by atoms with Crippen molar-refractivity contribution in [3.05, 3.63) is 0 Å². The van der Waals surface area contributed by atoms with Crippen LogP contribution in [0.4, 0.5) is 0 Å². The summed E-state index contributed by atoms with van der Waals surface area (Å²) in [6, 6.07) is 0.983. The Morgan fingerprint density at radius 2 is 2.30 bits per heavy atom. The van der Waals surface area contributed by atoms with Crippen LogP contribution >= 0.6 is 11.8 Å². The lowest BCUT2D eigenvalue weighted by Gasteiger charge is -2.30. The first kappa shape index (κ1) is 16.1. The highest BCUT2D eigenvalue weighted by molar-refractivity contribution is 7.99. The zero-order chi connectivity index (χ0) is 14.2. The number of ether oxygens (including phenoxy) is 1. The van der Waals surface area contributed by atoms with Crippen LogP contribution in [0.2, 0.25) is 0 Å². The lowest BCUT2D eigenvalue weighted by molar-refractivity contribution is -0.134. The summed E-state index contributed by atoms with van der Waals surface area (Å²) >= 11 is 1.96. The number of nitrogens with one attached hydrogen (secondary N) is 1. The van der Waals surface area contributed by atoms with Gasteiger partial charge in [-0.2, -0.15) is 11.8 Å². The summed E-state index contributed by atoms with van der Waals surface area (Å²) in [4.78, 5) is 14.6. The summed E-state index contributed by atoms with van der Waals surface area (Å²) in [6.45, 7) is 2.51. The predicted molar refractivity (Wildman–Crippen MR) is 84.2 cm³/mol. The second-order valence-corrected chi connectivity index (χ2v) is 6.93. The smallest absolute Gasteiger partial charge is 0.222 e. The molecule has 2 aliphatic heterocycles. The van der Waals surface area contributed by atoms with Crippen LogP contribution in [0.15, 0.2) is 0 Å². The lowest BCUT2D eigenvalue weighted by atomic mass is 10.00. The van der Waals surface area contributed by atoms with Crippen LogP contribution in [-0.2, 0) is 9.53 Å². The molecule has 0 aliphatic carbocycles. The van der Waals surface area contributed by atoms with Gasteiger partial charge in [-0.3, -0.25) is 4.79 Å². The van der Waals surface area contributed by atoms with Crippen LogP contribution in [0.5, 0.6) is 0 Å². The number of nitrogens with zero attached hydrogens (tertiary/aromatic N) is 1. The van der Waals surface area contributed by atoms with E-state index in [4.69, 9.17) is 4.74 Å². The van der Waals surface area contributed by atoms with E-state index in [0.29, 0.717) is 31.0 Å². The molecule has 2 aliphatic rings. The van der Waals surface area contributed by atoms with Crippen LogP contribution in [0.25, 0.3) is 0 Å². The van der Waals surface area contributed by atoms with Crippen molar-refractivity contribution in [1.29, 1.82) is 0 Å². The molecule has 20 heavy (non-hydrogen) atoms. The summed E-state index contributed by atoms with van der Waals surface area (Å²) in [6.07, 6.45) is 6.62. The van der Waals surface area contributed by atoms with Gasteiger partial charge in [-0.25, -0.2) is 0 Å². The van der Waals surface area contributed by atoms with Gasteiger partial charge in [-0.05, 0) is 38.0 Å². The third kappa shape index (κ3) is 4.93. The van der Waals surface area contributed by atoms with Crippen LogP contribution in [-0.4, -0.2) is 61.2 Å². The van der Waals surface area contributed by atoms with E-state index in [1.54, 1.807) is 7.11 Å². The highest BCUT2D eigenvalue weighted by Crippen LogP contribution is 2.23. The van der Waals surface area contributed by atoms with Gasteiger partial charge in [-0.1, -0.05) is 6.42 Å². The third-order valence-electron chi connectivity index (χ3n) is 4.32. The number of thioether (sulfide) groups is 1. The zero-order valence-electron chi connectivity index (χ0n) is 12.6. The fourth-order valence-electron chi connectivity index (χ4n) is 3.08. The summed E-state index contributed by atoms with van der Waals surface area (Å²) in [5.41, 5.74) is 0. The Bertz CT molecular complexity index is 290. The first-order chi connectivity index (χ1) is 9.81. The van der Waals surface area contributed by atoms with Crippen molar-refractivity contribution in [2.75, 3.05) is 38.3 Å². The minimum Gasteiger partial charge on any atom is -0.383 e. The summed E-state index contributed by atoms with van der Waals surface area (Å²) in [5.74, 6) is 2.60. The van der Waals surface area contributed by atoms with Gasteiger partial charge in [0, 0.05) is 37.9 Å².